The monoisotopic (exact) mass is 435 g/mol. The second-order valence-corrected chi connectivity index (χ2v) is 6.99. The predicted molar refractivity (Wildman–Crippen MR) is 105 cm³/mol. The van der Waals surface area contributed by atoms with Gasteiger partial charge in [-0.1, -0.05) is 6.07 Å². The van der Waals surface area contributed by atoms with Gasteiger partial charge < -0.3 is 15.4 Å². The van der Waals surface area contributed by atoms with Crippen molar-refractivity contribution in [3.05, 3.63) is 65.5 Å². The zero-order valence-corrected chi connectivity index (χ0v) is 15.9. The van der Waals surface area contributed by atoms with E-state index in [2.05, 4.69) is 25.3 Å². The molecule has 0 saturated heterocycles. The van der Waals surface area contributed by atoms with Gasteiger partial charge in [-0.2, -0.15) is 8.78 Å². The number of aromatic nitrogens is 2. The van der Waals surface area contributed by atoms with Crippen molar-refractivity contribution in [2.24, 2.45) is 0 Å². The normalized spacial score (nSPS) is 12.6. The number of amides is 1. The lowest BCUT2D eigenvalue weighted by Crippen LogP contribution is -2.13. The maximum atomic E-state index is 14.2. The standard InChI is InChI=1S/C19H13F4N5OS/c20-10-2-1-3-11(21)16(10)12-6-13(17-14(26-12)8-25-18(17)29)27-15-5-4-9(7-24-15)28-30-19(22)23/h1-7,19,28H,8H2,(H,25,29)(H,24,26,27). The average molecular weight is 435 g/mol. The lowest BCUT2D eigenvalue weighted by Gasteiger charge is -2.13. The molecular formula is C19H13F4N5OS. The molecule has 1 amide bonds. The summed E-state index contributed by atoms with van der Waals surface area (Å²) in [6.07, 6.45) is 1.33. The Hall–Kier alpha value is -3.34. The van der Waals surface area contributed by atoms with Crippen LogP contribution in [0.15, 0.2) is 42.6 Å². The van der Waals surface area contributed by atoms with Crippen molar-refractivity contribution in [3.63, 3.8) is 0 Å². The van der Waals surface area contributed by atoms with E-state index in [-0.39, 0.29) is 46.9 Å². The highest BCUT2D eigenvalue weighted by Gasteiger charge is 2.27. The third kappa shape index (κ3) is 4.01. The Kier molecular flexibility index (Phi) is 5.44. The van der Waals surface area contributed by atoms with Crippen LogP contribution >= 0.6 is 11.9 Å². The molecule has 0 saturated carbocycles. The molecule has 3 heterocycles. The van der Waals surface area contributed by atoms with Crippen LogP contribution in [0.2, 0.25) is 0 Å². The second-order valence-electron chi connectivity index (χ2n) is 6.19. The van der Waals surface area contributed by atoms with Gasteiger partial charge in [0.05, 0.1) is 46.6 Å². The summed E-state index contributed by atoms with van der Waals surface area (Å²) < 4.78 is 55.4. The summed E-state index contributed by atoms with van der Waals surface area (Å²) in [6.45, 7) is 0.119. The summed E-state index contributed by atoms with van der Waals surface area (Å²) in [5.41, 5.74) is 0.928. The predicted octanol–water partition coefficient (Wildman–Crippen LogP) is 4.69. The van der Waals surface area contributed by atoms with Crippen LogP contribution < -0.4 is 15.4 Å². The molecule has 1 aromatic carbocycles. The van der Waals surface area contributed by atoms with Crippen molar-refractivity contribution in [2.45, 2.75) is 12.3 Å². The van der Waals surface area contributed by atoms with Crippen molar-refractivity contribution in [3.8, 4) is 11.3 Å². The van der Waals surface area contributed by atoms with E-state index in [1.165, 1.54) is 30.5 Å². The van der Waals surface area contributed by atoms with Gasteiger partial charge in [-0.15, -0.1) is 0 Å². The minimum atomic E-state index is -2.59. The minimum Gasteiger partial charge on any atom is -0.346 e. The number of carbonyl (C=O) groups is 1. The molecule has 0 radical (unpaired) electrons. The molecular weight excluding hydrogens is 422 g/mol. The average Bonchev–Trinajstić information content (AvgIpc) is 3.08. The number of nitrogens with one attached hydrogen (secondary N) is 3. The van der Waals surface area contributed by atoms with Crippen LogP contribution in [0.1, 0.15) is 16.1 Å². The first-order valence-corrected chi connectivity index (χ1v) is 9.49. The summed E-state index contributed by atoms with van der Waals surface area (Å²) in [7, 11) is 0. The number of hydrogen-bond acceptors (Lipinski definition) is 6. The number of anilines is 3. The highest BCUT2D eigenvalue weighted by molar-refractivity contribution is 8.00. The molecule has 0 atom stereocenters. The quantitative estimate of drug-likeness (QED) is 0.385. The third-order valence-electron chi connectivity index (χ3n) is 4.25. The molecule has 0 bridgehead atoms. The van der Waals surface area contributed by atoms with Crippen LogP contribution in [-0.2, 0) is 6.54 Å². The molecule has 11 heteroatoms. The van der Waals surface area contributed by atoms with Gasteiger partial charge in [0.25, 0.3) is 5.91 Å². The molecule has 154 valence electrons. The molecule has 3 N–H and O–H groups in total. The second kappa shape index (κ2) is 8.19. The fraction of sp³-hybridized carbons (Fsp3) is 0.105. The molecule has 1 aliphatic heterocycles. The van der Waals surface area contributed by atoms with E-state index in [1.54, 1.807) is 0 Å². The molecule has 0 spiro atoms. The van der Waals surface area contributed by atoms with E-state index >= 15 is 0 Å². The number of carbonyl (C=O) groups excluding carboxylic acids is 1. The van der Waals surface area contributed by atoms with E-state index in [1.807, 2.05) is 0 Å². The fourth-order valence-electron chi connectivity index (χ4n) is 2.98. The van der Waals surface area contributed by atoms with Crippen LogP contribution in [0.25, 0.3) is 11.3 Å². The van der Waals surface area contributed by atoms with Gasteiger partial charge in [0.2, 0.25) is 0 Å². The third-order valence-corrected chi connectivity index (χ3v) is 4.78. The van der Waals surface area contributed by atoms with Gasteiger partial charge in [0, 0.05) is 11.9 Å². The highest BCUT2D eigenvalue weighted by atomic mass is 32.2. The number of rotatable bonds is 6. The summed E-state index contributed by atoms with van der Waals surface area (Å²) in [4.78, 5) is 20.6. The van der Waals surface area contributed by atoms with Crippen molar-refractivity contribution < 1.29 is 22.4 Å². The van der Waals surface area contributed by atoms with E-state index in [0.29, 0.717) is 17.2 Å². The first kappa shape index (κ1) is 20.0. The summed E-state index contributed by atoms with van der Waals surface area (Å²) >= 11 is 0.237. The Morgan fingerprint density at radius 3 is 2.53 bits per heavy atom. The first-order chi connectivity index (χ1) is 14.4. The molecule has 0 fully saturated rings. The minimum absolute atomic E-state index is 0.0231. The van der Waals surface area contributed by atoms with Gasteiger partial charge >= 0.3 is 5.76 Å². The molecule has 1 aliphatic rings. The lowest BCUT2D eigenvalue weighted by molar-refractivity contribution is 0.0966. The van der Waals surface area contributed by atoms with Crippen molar-refractivity contribution in [1.82, 2.24) is 15.3 Å². The number of hydrogen-bond donors (Lipinski definition) is 3. The topological polar surface area (TPSA) is 78.9 Å². The molecule has 0 aliphatic carbocycles. The smallest absolute Gasteiger partial charge is 0.302 e. The summed E-state index contributed by atoms with van der Waals surface area (Å²) in [5.74, 6) is -4.23. The Morgan fingerprint density at radius 2 is 1.87 bits per heavy atom. The zero-order chi connectivity index (χ0) is 21.3. The van der Waals surface area contributed by atoms with Gasteiger partial charge in [-0.25, -0.2) is 18.7 Å². The van der Waals surface area contributed by atoms with Gasteiger partial charge in [-0.3, -0.25) is 4.79 Å². The van der Waals surface area contributed by atoms with Crippen LogP contribution in [0.3, 0.4) is 0 Å². The van der Waals surface area contributed by atoms with E-state index in [0.717, 1.165) is 12.1 Å². The highest BCUT2D eigenvalue weighted by Crippen LogP contribution is 2.33. The maximum Gasteiger partial charge on any atom is 0.302 e. The SMILES string of the molecule is O=C1NCc2nc(-c3c(F)cccc3F)cc(Nc3ccc(NSC(F)F)cn3)c21. The fourth-order valence-corrected chi connectivity index (χ4v) is 3.33. The van der Waals surface area contributed by atoms with E-state index < -0.39 is 17.4 Å². The molecule has 30 heavy (non-hydrogen) atoms. The van der Waals surface area contributed by atoms with Crippen molar-refractivity contribution >= 4 is 35.0 Å². The Bertz CT molecular complexity index is 1090. The number of halogens is 4. The van der Waals surface area contributed by atoms with Gasteiger partial charge in [0.15, 0.2) is 0 Å². The van der Waals surface area contributed by atoms with Gasteiger partial charge in [-0.05, 0) is 30.3 Å². The number of alkyl halides is 2. The lowest BCUT2D eigenvalue weighted by atomic mass is 10.1. The molecule has 6 nitrogen and oxygen atoms in total. The van der Waals surface area contributed by atoms with E-state index in [4.69, 9.17) is 0 Å². The summed E-state index contributed by atoms with van der Waals surface area (Å²) in [5, 5.41) is 5.56. The van der Waals surface area contributed by atoms with Crippen LogP contribution in [0.5, 0.6) is 0 Å². The number of fused-ring (bicyclic) bond motifs is 1. The van der Waals surface area contributed by atoms with Crippen LogP contribution in [-0.4, -0.2) is 21.6 Å². The Labute approximate surface area is 172 Å². The molecule has 0 unspecified atom stereocenters. The van der Waals surface area contributed by atoms with Crippen LogP contribution in [0, 0.1) is 11.6 Å². The number of nitrogens with zero attached hydrogens (tertiary/aromatic N) is 2. The largest absolute Gasteiger partial charge is 0.346 e. The Morgan fingerprint density at radius 1 is 1.10 bits per heavy atom. The van der Waals surface area contributed by atoms with E-state index in [9.17, 15) is 22.4 Å². The molecule has 3 aromatic rings. The zero-order valence-electron chi connectivity index (χ0n) is 15.0. The van der Waals surface area contributed by atoms with Crippen LogP contribution in [0.4, 0.5) is 34.8 Å². The Balaban J connectivity index is 1.69. The number of benzene rings is 1. The van der Waals surface area contributed by atoms with Crippen molar-refractivity contribution in [2.75, 3.05) is 10.0 Å². The number of pyridine rings is 2. The summed E-state index contributed by atoms with van der Waals surface area (Å²) in [6, 6.07) is 7.88. The molecule has 4 rings (SSSR count). The first-order valence-electron chi connectivity index (χ1n) is 8.62. The maximum absolute atomic E-state index is 14.2. The van der Waals surface area contributed by atoms with Crippen molar-refractivity contribution in [1.29, 1.82) is 0 Å². The van der Waals surface area contributed by atoms with Gasteiger partial charge in [0.1, 0.15) is 17.5 Å². The molecule has 2 aromatic heterocycles.